The van der Waals surface area contributed by atoms with Gasteiger partial charge in [-0.25, -0.2) is 4.79 Å². The third-order valence-corrected chi connectivity index (χ3v) is 7.03. The van der Waals surface area contributed by atoms with E-state index in [1.165, 1.54) is 47.0 Å². The molecule has 3 amide bonds. The third kappa shape index (κ3) is 3.56. The van der Waals surface area contributed by atoms with Crippen LogP contribution in [-0.4, -0.2) is 35.2 Å². The molecule has 0 saturated carbocycles. The average molecular weight is 374 g/mol. The highest BCUT2D eigenvalue weighted by atomic mass is 32.2. The van der Waals surface area contributed by atoms with E-state index in [1.807, 2.05) is 4.90 Å². The van der Waals surface area contributed by atoms with Gasteiger partial charge in [0.1, 0.15) is 0 Å². The number of piperidine rings is 1. The molecule has 5 nitrogen and oxygen atoms in total. The number of carbonyl (C=O) groups excluding carboxylic acids is 2. The molecule has 1 aromatic carbocycles. The molecule has 1 aliphatic heterocycles. The van der Waals surface area contributed by atoms with Crippen molar-refractivity contribution in [2.24, 2.45) is 0 Å². The second kappa shape index (κ2) is 7.51. The SMILES string of the molecule is CC(=O)N1CCC(SNC(=O)Nc2c3c(cc4c2CCC4)CCC3)CC1. The summed E-state index contributed by atoms with van der Waals surface area (Å²) < 4.78 is 2.99. The van der Waals surface area contributed by atoms with Crippen molar-refractivity contribution < 1.29 is 9.59 Å². The molecule has 3 aliphatic rings. The van der Waals surface area contributed by atoms with Crippen LogP contribution in [0.25, 0.3) is 0 Å². The summed E-state index contributed by atoms with van der Waals surface area (Å²) in [5.74, 6) is 0.144. The van der Waals surface area contributed by atoms with Crippen molar-refractivity contribution in [1.82, 2.24) is 9.62 Å². The first-order valence-corrected chi connectivity index (χ1v) is 10.6. The second-order valence-electron chi connectivity index (χ2n) is 7.61. The fourth-order valence-electron chi connectivity index (χ4n) is 4.53. The summed E-state index contributed by atoms with van der Waals surface area (Å²) in [6.07, 6.45) is 8.69. The number of aryl methyl sites for hydroxylation is 2. The number of rotatable bonds is 3. The lowest BCUT2D eigenvalue weighted by atomic mass is 9.99. The third-order valence-electron chi connectivity index (χ3n) is 5.92. The molecule has 0 radical (unpaired) electrons. The summed E-state index contributed by atoms with van der Waals surface area (Å²) in [7, 11) is 0. The van der Waals surface area contributed by atoms with Crippen LogP contribution in [0.5, 0.6) is 0 Å². The monoisotopic (exact) mass is 373 g/mol. The van der Waals surface area contributed by atoms with Crippen molar-refractivity contribution in [3.8, 4) is 0 Å². The molecule has 1 fully saturated rings. The molecule has 1 aromatic rings. The van der Waals surface area contributed by atoms with Crippen molar-refractivity contribution in [1.29, 1.82) is 0 Å². The van der Waals surface area contributed by atoms with E-state index >= 15 is 0 Å². The standard InChI is InChI=1S/C20H27N3O2S/c1-13(24)23-10-8-16(9-11-23)26-22-20(25)21-19-17-6-2-4-14(17)12-15-5-3-7-18(15)19/h12,16H,2-11H2,1H3,(H2,21,22,25). The van der Waals surface area contributed by atoms with E-state index in [0.717, 1.165) is 57.3 Å². The number of hydrogen-bond acceptors (Lipinski definition) is 3. The van der Waals surface area contributed by atoms with Crippen molar-refractivity contribution in [2.45, 2.75) is 63.5 Å². The Bertz CT molecular complexity index is 694. The maximum absolute atomic E-state index is 12.5. The van der Waals surface area contributed by atoms with Gasteiger partial charge in [-0.1, -0.05) is 6.07 Å². The zero-order valence-electron chi connectivity index (χ0n) is 15.4. The Kier molecular flexibility index (Phi) is 5.11. The molecule has 1 heterocycles. The smallest absolute Gasteiger partial charge is 0.329 e. The van der Waals surface area contributed by atoms with Gasteiger partial charge >= 0.3 is 6.03 Å². The highest BCUT2D eigenvalue weighted by molar-refractivity contribution is 7.98. The number of carbonyl (C=O) groups is 2. The molecule has 2 aliphatic carbocycles. The van der Waals surface area contributed by atoms with Crippen LogP contribution >= 0.6 is 11.9 Å². The van der Waals surface area contributed by atoms with E-state index in [0.29, 0.717) is 5.25 Å². The van der Waals surface area contributed by atoms with Gasteiger partial charge in [-0.05, 0) is 85.6 Å². The number of likely N-dealkylation sites (tertiary alicyclic amines) is 1. The van der Waals surface area contributed by atoms with Crippen LogP contribution < -0.4 is 10.0 Å². The highest BCUT2D eigenvalue weighted by Crippen LogP contribution is 2.38. The number of urea groups is 1. The topological polar surface area (TPSA) is 61.4 Å². The normalized spacial score (nSPS) is 19.2. The van der Waals surface area contributed by atoms with Crippen LogP contribution in [0.15, 0.2) is 6.07 Å². The van der Waals surface area contributed by atoms with Gasteiger partial charge in [0.15, 0.2) is 0 Å². The lowest BCUT2D eigenvalue weighted by molar-refractivity contribution is -0.129. The molecule has 1 saturated heterocycles. The Morgan fingerprint density at radius 3 is 2.23 bits per heavy atom. The Hall–Kier alpha value is -1.69. The van der Waals surface area contributed by atoms with Gasteiger partial charge in [-0.2, -0.15) is 0 Å². The predicted molar refractivity (Wildman–Crippen MR) is 106 cm³/mol. The van der Waals surface area contributed by atoms with Gasteiger partial charge in [0.25, 0.3) is 0 Å². The Morgan fingerprint density at radius 1 is 1.04 bits per heavy atom. The van der Waals surface area contributed by atoms with Gasteiger partial charge in [0, 0.05) is 31.0 Å². The van der Waals surface area contributed by atoms with Crippen LogP contribution in [0.1, 0.15) is 54.9 Å². The number of amides is 3. The second-order valence-corrected chi connectivity index (χ2v) is 8.72. The summed E-state index contributed by atoms with van der Waals surface area (Å²) in [5.41, 5.74) is 6.69. The highest BCUT2D eigenvalue weighted by Gasteiger charge is 2.26. The van der Waals surface area contributed by atoms with Crippen molar-refractivity contribution in [3.05, 3.63) is 28.3 Å². The van der Waals surface area contributed by atoms with Crippen LogP contribution in [0.4, 0.5) is 10.5 Å². The molecule has 140 valence electrons. The van der Waals surface area contributed by atoms with Crippen LogP contribution in [-0.2, 0) is 30.5 Å². The molecular formula is C20H27N3O2S. The summed E-state index contributed by atoms with van der Waals surface area (Å²) >= 11 is 1.51. The number of anilines is 1. The first-order valence-electron chi connectivity index (χ1n) is 9.76. The van der Waals surface area contributed by atoms with Gasteiger partial charge < -0.3 is 10.2 Å². The Labute approximate surface area is 159 Å². The molecule has 0 bridgehead atoms. The van der Waals surface area contributed by atoms with Gasteiger partial charge in [0.2, 0.25) is 5.91 Å². The molecule has 0 aromatic heterocycles. The largest absolute Gasteiger partial charge is 0.343 e. The van der Waals surface area contributed by atoms with E-state index in [2.05, 4.69) is 16.1 Å². The van der Waals surface area contributed by atoms with Crippen molar-refractivity contribution in [2.75, 3.05) is 18.4 Å². The molecular weight excluding hydrogens is 346 g/mol. The number of nitrogens with one attached hydrogen (secondary N) is 2. The van der Waals surface area contributed by atoms with E-state index in [4.69, 9.17) is 0 Å². The molecule has 0 unspecified atom stereocenters. The number of benzene rings is 1. The zero-order valence-corrected chi connectivity index (χ0v) is 16.2. The van der Waals surface area contributed by atoms with Gasteiger partial charge in [-0.15, -0.1) is 0 Å². The van der Waals surface area contributed by atoms with E-state index in [1.54, 1.807) is 6.92 Å². The van der Waals surface area contributed by atoms with Crippen LogP contribution in [0, 0.1) is 0 Å². The lowest BCUT2D eigenvalue weighted by Crippen LogP contribution is -2.39. The molecule has 0 spiro atoms. The van der Waals surface area contributed by atoms with Crippen LogP contribution in [0.2, 0.25) is 0 Å². The Balaban J connectivity index is 1.36. The van der Waals surface area contributed by atoms with E-state index in [-0.39, 0.29) is 11.9 Å². The fraction of sp³-hybridized carbons (Fsp3) is 0.600. The quantitative estimate of drug-likeness (QED) is 0.798. The zero-order chi connectivity index (χ0) is 18.1. The minimum atomic E-state index is -0.113. The lowest BCUT2D eigenvalue weighted by Gasteiger charge is -2.30. The van der Waals surface area contributed by atoms with Crippen molar-refractivity contribution in [3.63, 3.8) is 0 Å². The Morgan fingerprint density at radius 2 is 1.65 bits per heavy atom. The van der Waals surface area contributed by atoms with E-state index in [9.17, 15) is 9.59 Å². The first kappa shape index (κ1) is 17.7. The van der Waals surface area contributed by atoms with Crippen molar-refractivity contribution >= 4 is 29.6 Å². The molecule has 2 N–H and O–H groups in total. The minimum Gasteiger partial charge on any atom is -0.343 e. The van der Waals surface area contributed by atoms with E-state index < -0.39 is 0 Å². The van der Waals surface area contributed by atoms with Gasteiger partial charge in [0.05, 0.1) is 0 Å². The minimum absolute atomic E-state index is 0.113. The average Bonchev–Trinajstić information content (AvgIpc) is 3.29. The summed E-state index contributed by atoms with van der Waals surface area (Å²) in [6.45, 7) is 3.20. The maximum atomic E-state index is 12.5. The number of hydrogen-bond donors (Lipinski definition) is 2. The summed E-state index contributed by atoms with van der Waals surface area (Å²) in [4.78, 5) is 25.8. The first-order chi connectivity index (χ1) is 12.6. The fourth-order valence-corrected chi connectivity index (χ4v) is 5.30. The summed E-state index contributed by atoms with van der Waals surface area (Å²) in [6, 6.07) is 2.27. The molecule has 4 rings (SSSR count). The van der Waals surface area contributed by atoms with Gasteiger partial charge in [-0.3, -0.25) is 9.52 Å². The molecule has 0 atom stereocenters. The number of fused-ring (bicyclic) bond motifs is 2. The summed E-state index contributed by atoms with van der Waals surface area (Å²) in [5, 5.41) is 3.55. The predicted octanol–water partition coefficient (Wildman–Crippen LogP) is 3.44. The molecule has 26 heavy (non-hydrogen) atoms. The van der Waals surface area contributed by atoms with Crippen LogP contribution in [0.3, 0.4) is 0 Å². The molecule has 6 heteroatoms. The maximum Gasteiger partial charge on any atom is 0.329 e. The number of nitrogens with zero attached hydrogens (tertiary/aromatic N) is 1.